The van der Waals surface area contributed by atoms with E-state index in [9.17, 15) is 4.79 Å². The average molecular weight is 364 g/mol. The number of carbonyl (C=O) groups is 1. The molecular weight excluding hydrogens is 340 g/mol. The third-order valence-corrected chi connectivity index (χ3v) is 4.49. The Bertz CT molecular complexity index is 700. The summed E-state index contributed by atoms with van der Waals surface area (Å²) in [6, 6.07) is 5.10. The molecule has 0 saturated heterocycles. The highest BCUT2D eigenvalue weighted by atomic mass is 32.2. The predicted octanol–water partition coefficient (Wildman–Crippen LogP) is 3.29. The molecule has 6 nitrogen and oxygen atoms in total. The van der Waals surface area contributed by atoms with Gasteiger partial charge in [-0.2, -0.15) is 0 Å². The summed E-state index contributed by atoms with van der Waals surface area (Å²) in [5, 5.41) is 3.98. The largest absolute Gasteiger partial charge is 0.493 e. The first-order valence-corrected chi connectivity index (χ1v) is 9.11. The second-order valence-electron chi connectivity index (χ2n) is 5.27. The van der Waals surface area contributed by atoms with Crippen molar-refractivity contribution in [2.45, 2.75) is 26.8 Å². The zero-order valence-electron chi connectivity index (χ0n) is 15.2. The van der Waals surface area contributed by atoms with Crippen molar-refractivity contribution in [1.29, 1.82) is 0 Å². The monoisotopic (exact) mass is 364 g/mol. The molecule has 0 aromatic heterocycles. The van der Waals surface area contributed by atoms with Crippen molar-refractivity contribution in [3.8, 4) is 11.5 Å². The molecule has 2 rings (SSSR count). The van der Waals surface area contributed by atoms with Crippen LogP contribution in [0.3, 0.4) is 0 Å². The van der Waals surface area contributed by atoms with Crippen molar-refractivity contribution in [3.63, 3.8) is 0 Å². The molecule has 0 aliphatic carbocycles. The predicted molar refractivity (Wildman–Crippen MR) is 100 cm³/mol. The van der Waals surface area contributed by atoms with Crippen molar-refractivity contribution in [2.75, 3.05) is 26.6 Å². The van der Waals surface area contributed by atoms with E-state index >= 15 is 0 Å². The zero-order chi connectivity index (χ0) is 18.4. The fourth-order valence-corrected chi connectivity index (χ4v) is 3.27. The third kappa shape index (κ3) is 4.28. The van der Waals surface area contributed by atoms with Crippen LogP contribution in [0.25, 0.3) is 0 Å². The lowest BCUT2D eigenvalue weighted by molar-refractivity contribution is -0.138. The summed E-state index contributed by atoms with van der Waals surface area (Å²) in [7, 11) is 3.17. The molecule has 0 radical (unpaired) electrons. The third-order valence-electron chi connectivity index (χ3n) is 3.72. The maximum atomic E-state index is 12.5. The van der Waals surface area contributed by atoms with Crippen LogP contribution in [0.2, 0.25) is 0 Å². The summed E-state index contributed by atoms with van der Waals surface area (Å²) in [5.74, 6) is 1.74. The second kappa shape index (κ2) is 8.80. The summed E-state index contributed by atoms with van der Waals surface area (Å²) < 4.78 is 15.9. The summed E-state index contributed by atoms with van der Waals surface area (Å²) in [4.78, 5) is 17.2. The van der Waals surface area contributed by atoms with Crippen LogP contribution in [0.15, 0.2) is 34.5 Å². The molecule has 7 heteroatoms. The molecule has 0 bridgehead atoms. The van der Waals surface area contributed by atoms with Gasteiger partial charge in [-0.1, -0.05) is 24.8 Å². The number of nitrogens with zero attached hydrogens (tertiary/aromatic N) is 1. The molecule has 1 aliphatic heterocycles. The number of aliphatic imine (C=N–C) groups is 1. The lowest BCUT2D eigenvalue weighted by atomic mass is 9.96. The van der Waals surface area contributed by atoms with Crippen LogP contribution < -0.4 is 14.8 Å². The number of hydrogen-bond donors (Lipinski definition) is 1. The number of ether oxygens (including phenoxy) is 3. The topological polar surface area (TPSA) is 69.2 Å². The van der Waals surface area contributed by atoms with E-state index in [-0.39, 0.29) is 5.97 Å². The van der Waals surface area contributed by atoms with Gasteiger partial charge in [0.25, 0.3) is 0 Å². The summed E-state index contributed by atoms with van der Waals surface area (Å²) >= 11 is 1.60. The van der Waals surface area contributed by atoms with Crippen LogP contribution in [-0.2, 0) is 9.53 Å². The van der Waals surface area contributed by atoms with E-state index < -0.39 is 6.04 Å². The minimum Gasteiger partial charge on any atom is -0.493 e. The summed E-state index contributed by atoms with van der Waals surface area (Å²) in [6.45, 7) is 6.02. The Morgan fingerprint density at radius 3 is 2.56 bits per heavy atom. The van der Waals surface area contributed by atoms with Crippen LogP contribution in [-0.4, -0.2) is 37.7 Å². The van der Waals surface area contributed by atoms with Gasteiger partial charge in [0.05, 0.1) is 26.4 Å². The Labute approximate surface area is 152 Å². The number of allylic oxidation sites excluding steroid dienone is 1. The van der Waals surface area contributed by atoms with Gasteiger partial charge in [-0.3, -0.25) is 0 Å². The molecule has 0 fully saturated rings. The van der Waals surface area contributed by atoms with E-state index in [1.54, 1.807) is 32.9 Å². The van der Waals surface area contributed by atoms with E-state index in [4.69, 9.17) is 19.2 Å². The van der Waals surface area contributed by atoms with Crippen LogP contribution in [0.4, 0.5) is 0 Å². The quantitative estimate of drug-likeness (QED) is 0.781. The highest BCUT2D eigenvalue weighted by Gasteiger charge is 2.30. The lowest BCUT2D eigenvalue weighted by Gasteiger charge is -2.26. The Balaban J connectivity index is 2.50. The molecule has 25 heavy (non-hydrogen) atoms. The van der Waals surface area contributed by atoms with Crippen LogP contribution in [0.1, 0.15) is 32.4 Å². The number of hydrogen-bond acceptors (Lipinski definition) is 7. The summed E-state index contributed by atoms with van der Waals surface area (Å²) in [6.07, 6.45) is 0. The molecule has 136 valence electrons. The first-order valence-electron chi connectivity index (χ1n) is 8.13. The van der Waals surface area contributed by atoms with Gasteiger partial charge in [0, 0.05) is 5.70 Å². The number of benzene rings is 1. The van der Waals surface area contributed by atoms with E-state index in [0.717, 1.165) is 22.2 Å². The SMILES string of the molecule is CCOC(=O)C1=C(C)NC(SCC)=NC1c1ccc(OC)c(OC)c1. The van der Waals surface area contributed by atoms with Gasteiger partial charge < -0.3 is 19.5 Å². The van der Waals surface area contributed by atoms with Gasteiger partial charge in [0.1, 0.15) is 6.04 Å². The number of nitrogens with one attached hydrogen (secondary N) is 1. The number of amidine groups is 1. The minimum absolute atomic E-state index is 0.314. The van der Waals surface area contributed by atoms with Crippen LogP contribution in [0, 0.1) is 0 Å². The molecule has 1 aliphatic rings. The first-order chi connectivity index (χ1) is 12.0. The van der Waals surface area contributed by atoms with Gasteiger partial charge in [-0.05, 0) is 37.3 Å². The van der Waals surface area contributed by atoms with E-state index in [1.165, 1.54) is 0 Å². The second-order valence-corrected chi connectivity index (χ2v) is 6.52. The molecule has 1 unspecified atom stereocenters. The van der Waals surface area contributed by atoms with Crippen LogP contribution >= 0.6 is 11.8 Å². The number of methoxy groups -OCH3 is 2. The highest BCUT2D eigenvalue weighted by molar-refractivity contribution is 8.13. The Kier molecular flexibility index (Phi) is 6.75. The molecule has 1 N–H and O–H groups in total. The molecule has 0 amide bonds. The van der Waals surface area contributed by atoms with Crippen LogP contribution in [0.5, 0.6) is 11.5 Å². The zero-order valence-corrected chi connectivity index (χ0v) is 16.0. The number of thioether (sulfide) groups is 1. The van der Waals surface area contributed by atoms with E-state index in [1.807, 2.05) is 25.1 Å². The smallest absolute Gasteiger partial charge is 0.338 e. The Hall–Kier alpha value is -2.15. The van der Waals surface area contributed by atoms with E-state index in [2.05, 4.69) is 12.2 Å². The van der Waals surface area contributed by atoms with Gasteiger partial charge in [-0.25, -0.2) is 9.79 Å². The fraction of sp³-hybridized carbons (Fsp3) is 0.444. The Morgan fingerprint density at radius 2 is 1.96 bits per heavy atom. The number of carbonyl (C=O) groups excluding carboxylic acids is 1. The molecular formula is C18H24N2O4S. The number of rotatable bonds is 6. The fourth-order valence-electron chi connectivity index (χ4n) is 2.59. The molecule has 1 aromatic carbocycles. The number of esters is 1. The van der Waals surface area contributed by atoms with Crippen molar-refractivity contribution in [3.05, 3.63) is 35.0 Å². The highest BCUT2D eigenvalue weighted by Crippen LogP contribution is 2.37. The molecule has 1 aromatic rings. The van der Waals surface area contributed by atoms with E-state index in [0.29, 0.717) is 23.7 Å². The van der Waals surface area contributed by atoms with Gasteiger partial charge in [-0.15, -0.1) is 0 Å². The summed E-state index contributed by atoms with van der Waals surface area (Å²) in [5.41, 5.74) is 2.11. The van der Waals surface area contributed by atoms with Crippen molar-refractivity contribution in [1.82, 2.24) is 5.32 Å². The Morgan fingerprint density at radius 1 is 1.24 bits per heavy atom. The van der Waals surface area contributed by atoms with Crippen molar-refractivity contribution >= 4 is 22.9 Å². The minimum atomic E-state index is -0.450. The van der Waals surface area contributed by atoms with Gasteiger partial charge in [0.15, 0.2) is 16.7 Å². The normalized spacial score (nSPS) is 16.8. The first kappa shape index (κ1) is 19.2. The molecule has 0 spiro atoms. The average Bonchev–Trinajstić information content (AvgIpc) is 2.61. The maximum Gasteiger partial charge on any atom is 0.338 e. The van der Waals surface area contributed by atoms with Gasteiger partial charge in [0.2, 0.25) is 0 Å². The molecule has 1 heterocycles. The lowest BCUT2D eigenvalue weighted by Crippen LogP contribution is -2.30. The standard InChI is InChI=1S/C18H24N2O4S/c1-6-24-17(21)15-11(3)19-18(25-7-2)20-16(15)12-8-9-13(22-4)14(10-12)23-5/h8-10,16H,6-7H2,1-5H3,(H,19,20). The van der Waals surface area contributed by atoms with Crippen molar-refractivity contribution in [2.24, 2.45) is 4.99 Å². The van der Waals surface area contributed by atoms with Gasteiger partial charge >= 0.3 is 5.97 Å². The molecule has 0 saturated carbocycles. The molecule has 1 atom stereocenters. The van der Waals surface area contributed by atoms with Crippen molar-refractivity contribution < 1.29 is 19.0 Å². The maximum absolute atomic E-state index is 12.5.